The fraction of sp³-hybridized carbons (Fsp3) is 0.238. The van der Waals surface area contributed by atoms with Crippen LogP contribution in [0.4, 0.5) is 0 Å². The number of thioether (sulfide) groups is 1. The number of ether oxygens (including phenoxy) is 1. The lowest BCUT2D eigenvalue weighted by Gasteiger charge is -2.15. The molecule has 0 aliphatic heterocycles. The van der Waals surface area contributed by atoms with Crippen LogP contribution >= 0.6 is 11.8 Å². The van der Waals surface area contributed by atoms with Gasteiger partial charge < -0.3 is 4.74 Å². The predicted molar refractivity (Wildman–Crippen MR) is 106 cm³/mol. The Bertz CT molecular complexity index is 843. The molecule has 3 aromatic rings. The molecule has 1 atom stereocenters. The Kier molecular flexibility index (Phi) is 6.12. The maximum Gasteiger partial charge on any atom is 0.191 e. The Hall–Kier alpha value is -2.53. The minimum absolute atomic E-state index is 0.196. The summed E-state index contributed by atoms with van der Waals surface area (Å²) in [6, 6.07) is 18.3. The van der Waals surface area contributed by atoms with Crippen molar-refractivity contribution in [3.8, 4) is 5.75 Å². The van der Waals surface area contributed by atoms with Crippen molar-refractivity contribution in [2.45, 2.75) is 37.4 Å². The summed E-state index contributed by atoms with van der Waals surface area (Å²) in [7, 11) is 0. The first-order valence-corrected chi connectivity index (χ1v) is 9.60. The van der Waals surface area contributed by atoms with Crippen molar-refractivity contribution in [1.29, 1.82) is 0 Å². The highest BCUT2D eigenvalue weighted by atomic mass is 32.2. The zero-order valence-electron chi connectivity index (χ0n) is 15.1. The molecule has 1 aromatic heterocycles. The van der Waals surface area contributed by atoms with Gasteiger partial charge in [-0.3, -0.25) is 4.57 Å². The number of aromatic nitrogens is 3. The van der Waals surface area contributed by atoms with Crippen LogP contribution in [0.5, 0.6) is 5.75 Å². The maximum absolute atomic E-state index is 6.01. The van der Waals surface area contributed by atoms with Crippen LogP contribution < -0.4 is 4.74 Å². The molecule has 0 aliphatic rings. The molecule has 2 aromatic carbocycles. The van der Waals surface area contributed by atoms with Crippen LogP contribution in [0, 0.1) is 6.92 Å². The molecule has 5 heteroatoms. The zero-order chi connectivity index (χ0) is 18.4. The zero-order valence-corrected chi connectivity index (χ0v) is 15.9. The Morgan fingerprint density at radius 3 is 2.54 bits per heavy atom. The summed E-state index contributed by atoms with van der Waals surface area (Å²) >= 11 is 1.68. The number of hydrogen-bond acceptors (Lipinski definition) is 4. The van der Waals surface area contributed by atoms with Crippen LogP contribution in [0.3, 0.4) is 0 Å². The lowest BCUT2D eigenvalue weighted by molar-refractivity contribution is 0.210. The average molecular weight is 366 g/mol. The van der Waals surface area contributed by atoms with Crippen molar-refractivity contribution in [3.05, 3.63) is 84.2 Å². The van der Waals surface area contributed by atoms with Gasteiger partial charge in [0.25, 0.3) is 0 Å². The first-order valence-electron chi connectivity index (χ1n) is 8.61. The van der Waals surface area contributed by atoms with E-state index in [1.54, 1.807) is 11.8 Å². The lowest BCUT2D eigenvalue weighted by Crippen LogP contribution is -2.12. The van der Waals surface area contributed by atoms with Crippen molar-refractivity contribution in [1.82, 2.24) is 14.8 Å². The largest absolute Gasteiger partial charge is 0.483 e. The molecule has 0 spiro atoms. The van der Waals surface area contributed by atoms with E-state index in [0.717, 1.165) is 22.5 Å². The Morgan fingerprint density at radius 2 is 1.85 bits per heavy atom. The van der Waals surface area contributed by atoms with E-state index in [9.17, 15) is 0 Å². The maximum atomic E-state index is 6.01. The number of para-hydroxylation sites is 1. The van der Waals surface area contributed by atoms with Crippen molar-refractivity contribution >= 4 is 11.8 Å². The third-order valence-corrected chi connectivity index (χ3v) is 5.00. The van der Waals surface area contributed by atoms with E-state index in [0.29, 0.717) is 6.54 Å². The molecule has 1 unspecified atom stereocenters. The summed E-state index contributed by atoms with van der Waals surface area (Å²) in [4.78, 5) is 0. The van der Waals surface area contributed by atoms with Gasteiger partial charge in [0, 0.05) is 12.3 Å². The minimum Gasteiger partial charge on any atom is -0.483 e. The molecule has 1 heterocycles. The molecule has 0 saturated carbocycles. The summed E-state index contributed by atoms with van der Waals surface area (Å²) in [6.07, 6.45) is 1.66. The number of hydrogen-bond donors (Lipinski definition) is 0. The molecule has 0 fully saturated rings. The van der Waals surface area contributed by atoms with Crippen molar-refractivity contribution in [2.75, 3.05) is 0 Å². The van der Waals surface area contributed by atoms with E-state index in [2.05, 4.69) is 52.5 Å². The highest BCUT2D eigenvalue weighted by Crippen LogP contribution is 2.26. The van der Waals surface area contributed by atoms with E-state index in [1.807, 2.05) is 43.3 Å². The van der Waals surface area contributed by atoms with Crippen LogP contribution in [0.2, 0.25) is 0 Å². The van der Waals surface area contributed by atoms with E-state index in [4.69, 9.17) is 4.74 Å². The number of aryl methyl sites for hydroxylation is 1. The molecule has 26 heavy (non-hydrogen) atoms. The first kappa shape index (κ1) is 18.3. The molecule has 3 rings (SSSR count). The monoisotopic (exact) mass is 365 g/mol. The topological polar surface area (TPSA) is 39.9 Å². The van der Waals surface area contributed by atoms with Crippen LogP contribution in [0.1, 0.15) is 30.0 Å². The second-order valence-corrected chi connectivity index (χ2v) is 7.03. The first-order chi connectivity index (χ1) is 12.7. The van der Waals surface area contributed by atoms with E-state index < -0.39 is 0 Å². The van der Waals surface area contributed by atoms with Crippen molar-refractivity contribution in [2.24, 2.45) is 0 Å². The lowest BCUT2D eigenvalue weighted by atomic mass is 10.2. The number of rotatable bonds is 8. The SMILES string of the molecule is C=CCn1c(SCc2ccc(C)cc2)nnc1C(C)Oc1ccccc1. The van der Waals surface area contributed by atoms with Gasteiger partial charge in [0.15, 0.2) is 17.1 Å². The second kappa shape index (κ2) is 8.72. The standard InChI is InChI=1S/C21H23N3OS/c1-4-14-24-20(17(3)25-19-8-6-5-7-9-19)22-23-21(24)26-15-18-12-10-16(2)11-13-18/h4-13,17H,1,14-15H2,2-3H3. The van der Waals surface area contributed by atoms with E-state index in [-0.39, 0.29) is 6.10 Å². The Balaban J connectivity index is 1.74. The van der Waals surface area contributed by atoms with Gasteiger partial charge in [-0.1, -0.05) is 65.9 Å². The molecule has 0 aliphatic carbocycles. The molecule has 0 amide bonds. The van der Waals surface area contributed by atoms with Crippen LogP contribution in [-0.2, 0) is 12.3 Å². The van der Waals surface area contributed by atoms with E-state index >= 15 is 0 Å². The highest BCUT2D eigenvalue weighted by molar-refractivity contribution is 7.98. The van der Waals surface area contributed by atoms with Crippen molar-refractivity contribution in [3.63, 3.8) is 0 Å². The fourth-order valence-corrected chi connectivity index (χ4v) is 3.51. The number of benzene rings is 2. The number of nitrogens with zero attached hydrogens (tertiary/aromatic N) is 3. The molecule has 0 radical (unpaired) electrons. The smallest absolute Gasteiger partial charge is 0.191 e. The second-order valence-electron chi connectivity index (χ2n) is 6.09. The van der Waals surface area contributed by atoms with Gasteiger partial charge in [0.1, 0.15) is 5.75 Å². The van der Waals surface area contributed by atoms with Crippen LogP contribution in [0.15, 0.2) is 72.4 Å². The number of allylic oxidation sites excluding steroid dienone is 1. The molecule has 4 nitrogen and oxygen atoms in total. The molecular formula is C21H23N3OS. The molecule has 0 N–H and O–H groups in total. The molecular weight excluding hydrogens is 342 g/mol. The molecule has 134 valence electrons. The Morgan fingerprint density at radius 1 is 1.12 bits per heavy atom. The quantitative estimate of drug-likeness (QED) is 0.406. The molecule has 0 saturated heterocycles. The van der Waals surface area contributed by atoms with Gasteiger partial charge in [-0.05, 0) is 31.5 Å². The molecule has 0 bridgehead atoms. The summed E-state index contributed by atoms with van der Waals surface area (Å²) in [5.74, 6) is 2.48. The van der Waals surface area contributed by atoms with Gasteiger partial charge in [0.2, 0.25) is 0 Å². The van der Waals surface area contributed by atoms with E-state index in [1.165, 1.54) is 11.1 Å². The summed E-state index contributed by atoms with van der Waals surface area (Å²) in [5.41, 5.74) is 2.53. The normalized spacial score (nSPS) is 11.9. The third-order valence-electron chi connectivity index (χ3n) is 3.97. The van der Waals surface area contributed by atoms with Crippen LogP contribution in [-0.4, -0.2) is 14.8 Å². The van der Waals surface area contributed by atoms with Gasteiger partial charge in [-0.25, -0.2) is 0 Å². The van der Waals surface area contributed by atoms with Gasteiger partial charge in [-0.2, -0.15) is 0 Å². The van der Waals surface area contributed by atoms with Gasteiger partial charge in [-0.15, -0.1) is 16.8 Å². The predicted octanol–water partition coefficient (Wildman–Crippen LogP) is 5.20. The van der Waals surface area contributed by atoms with Crippen LogP contribution in [0.25, 0.3) is 0 Å². The summed E-state index contributed by atoms with van der Waals surface area (Å²) < 4.78 is 8.08. The van der Waals surface area contributed by atoms with Gasteiger partial charge >= 0.3 is 0 Å². The fourth-order valence-electron chi connectivity index (χ4n) is 2.60. The third kappa shape index (κ3) is 4.55. The van der Waals surface area contributed by atoms with Gasteiger partial charge in [0.05, 0.1) is 0 Å². The van der Waals surface area contributed by atoms with Crippen molar-refractivity contribution < 1.29 is 4.74 Å². The Labute approximate surface area is 158 Å². The summed E-state index contributed by atoms with van der Waals surface area (Å²) in [6.45, 7) is 8.60. The highest BCUT2D eigenvalue weighted by Gasteiger charge is 2.19. The average Bonchev–Trinajstić information content (AvgIpc) is 3.05. The minimum atomic E-state index is -0.196. The summed E-state index contributed by atoms with van der Waals surface area (Å²) in [5, 5.41) is 9.63.